The zero-order valence-corrected chi connectivity index (χ0v) is 18.5. The van der Waals surface area contributed by atoms with Crippen LogP contribution in [0.15, 0.2) is 30.3 Å². The van der Waals surface area contributed by atoms with Gasteiger partial charge in [0.1, 0.15) is 0 Å². The number of carbonyl (C=O) groups excluding carboxylic acids is 2. The minimum atomic E-state index is -0.578. The average molecular weight is 433 g/mol. The van der Waals surface area contributed by atoms with Crippen molar-refractivity contribution in [1.82, 2.24) is 15.5 Å². The van der Waals surface area contributed by atoms with Gasteiger partial charge in [0.15, 0.2) is 0 Å². The second-order valence-electron chi connectivity index (χ2n) is 7.45. The van der Waals surface area contributed by atoms with E-state index < -0.39 is 6.04 Å². The third kappa shape index (κ3) is 7.95. The smallest absolute Gasteiger partial charge is 0.239 e. The Morgan fingerprint density at radius 1 is 1.11 bits per heavy atom. The molecule has 1 heterocycles. The van der Waals surface area contributed by atoms with Crippen molar-refractivity contribution in [3.8, 4) is 0 Å². The zero-order chi connectivity index (χ0) is 19.1. The van der Waals surface area contributed by atoms with Gasteiger partial charge >= 0.3 is 0 Å². The summed E-state index contributed by atoms with van der Waals surface area (Å²) < 4.78 is 0. The highest BCUT2D eigenvalue weighted by Gasteiger charge is 2.25. The number of amides is 2. The van der Waals surface area contributed by atoms with Gasteiger partial charge in [-0.15, -0.1) is 24.8 Å². The second-order valence-corrected chi connectivity index (χ2v) is 7.45. The Morgan fingerprint density at radius 2 is 1.68 bits per heavy atom. The van der Waals surface area contributed by atoms with E-state index in [9.17, 15) is 9.59 Å². The van der Waals surface area contributed by atoms with Gasteiger partial charge in [-0.1, -0.05) is 44.2 Å². The second kappa shape index (κ2) is 13.0. The first-order valence-corrected chi connectivity index (χ1v) is 9.50. The van der Waals surface area contributed by atoms with E-state index in [2.05, 4.69) is 46.7 Å². The number of hydrogen-bond acceptors (Lipinski definition) is 4. The highest BCUT2D eigenvalue weighted by molar-refractivity contribution is 5.87. The maximum absolute atomic E-state index is 12.1. The molecule has 1 aliphatic heterocycles. The number of likely N-dealkylation sites (tertiary alicyclic amines) is 1. The van der Waals surface area contributed by atoms with Gasteiger partial charge in [-0.3, -0.25) is 14.5 Å². The first kappa shape index (κ1) is 26.7. The van der Waals surface area contributed by atoms with Crippen LogP contribution in [0, 0.1) is 5.92 Å². The van der Waals surface area contributed by atoms with E-state index >= 15 is 0 Å². The fourth-order valence-electron chi connectivity index (χ4n) is 3.24. The van der Waals surface area contributed by atoms with Crippen LogP contribution in [0.3, 0.4) is 0 Å². The van der Waals surface area contributed by atoms with Gasteiger partial charge < -0.3 is 16.4 Å². The van der Waals surface area contributed by atoms with Gasteiger partial charge in [-0.25, -0.2) is 0 Å². The Morgan fingerprint density at radius 3 is 2.21 bits per heavy atom. The molecule has 2 rings (SSSR count). The lowest BCUT2D eigenvalue weighted by Gasteiger charge is -2.36. The summed E-state index contributed by atoms with van der Waals surface area (Å²) in [7, 11) is 0. The fraction of sp³-hybridized carbons (Fsp3) is 0.600. The van der Waals surface area contributed by atoms with Crippen LogP contribution in [-0.4, -0.2) is 48.4 Å². The summed E-state index contributed by atoms with van der Waals surface area (Å²) in [6.07, 6.45) is 1.84. The van der Waals surface area contributed by atoms with E-state index in [-0.39, 0.29) is 55.1 Å². The Hall–Kier alpha value is -1.34. The van der Waals surface area contributed by atoms with Crippen LogP contribution in [0.25, 0.3) is 0 Å². The number of benzene rings is 1. The molecule has 2 atom stereocenters. The molecule has 1 aromatic rings. The first-order chi connectivity index (χ1) is 12.4. The van der Waals surface area contributed by atoms with Gasteiger partial charge in [0.25, 0.3) is 0 Å². The predicted molar refractivity (Wildman–Crippen MR) is 118 cm³/mol. The van der Waals surface area contributed by atoms with Crippen molar-refractivity contribution in [1.29, 1.82) is 0 Å². The molecule has 8 heteroatoms. The van der Waals surface area contributed by atoms with Crippen molar-refractivity contribution < 1.29 is 9.59 Å². The standard InChI is InChI=1S/C20H32N4O2.2ClH/c1-14(2)19(21)20(26)22-13-18(25)23-17-9-11-24(12-10-17)15(3)16-7-5-4-6-8-16;;/h4-8,14-15,17,19H,9-13,21H2,1-3H3,(H,22,26)(H,23,25);2*1H/t15?,19-;;/m0../s1. The van der Waals surface area contributed by atoms with Crippen LogP contribution in [-0.2, 0) is 9.59 Å². The summed E-state index contributed by atoms with van der Waals surface area (Å²) in [4.78, 5) is 26.3. The topological polar surface area (TPSA) is 87.5 Å². The van der Waals surface area contributed by atoms with Crippen LogP contribution in [0.2, 0.25) is 0 Å². The number of nitrogens with two attached hydrogens (primary N) is 1. The molecule has 4 N–H and O–H groups in total. The molecular formula is C20H34Cl2N4O2. The quantitative estimate of drug-likeness (QED) is 0.616. The molecule has 0 radical (unpaired) electrons. The molecule has 0 bridgehead atoms. The maximum atomic E-state index is 12.1. The number of carbonyl (C=O) groups is 2. The van der Waals surface area contributed by atoms with Crippen LogP contribution in [0.1, 0.15) is 45.2 Å². The van der Waals surface area contributed by atoms with Crippen LogP contribution >= 0.6 is 24.8 Å². The van der Waals surface area contributed by atoms with E-state index in [4.69, 9.17) is 5.73 Å². The number of rotatable bonds is 7. The lowest BCUT2D eigenvalue weighted by molar-refractivity contribution is -0.127. The molecule has 0 aliphatic carbocycles. The van der Waals surface area contributed by atoms with Crippen molar-refractivity contribution >= 4 is 36.6 Å². The number of piperidine rings is 1. The molecule has 160 valence electrons. The lowest BCUT2D eigenvalue weighted by Crippen LogP contribution is -2.50. The molecule has 1 fully saturated rings. The van der Waals surface area contributed by atoms with Gasteiger partial charge in [0, 0.05) is 25.2 Å². The summed E-state index contributed by atoms with van der Waals surface area (Å²) in [5.74, 6) is -0.375. The van der Waals surface area contributed by atoms with Gasteiger partial charge in [-0.2, -0.15) is 0 Å². The molecule has 1 unspecified atom stereocenters. The van der Waals surface area contributed by atoms with E-state index in [1.807, 2.05) is 19.9 Å². The van der Waals surface area contributed by atoms with Crippen molar-refractivity contribution in [3.63, 3.8) is 0 Å². The van der Waals surface area contributed by atoms with Crippen molar-refractivity contribution in [2.24, 2.45) is 11.7 Å². The Bertz CT molecular complexity index is 593. The van der Waals surface area contributed by atoms with E-state index in [1.54, 1.807) is 0 Å². The zero-order valence-electron chi connectivity index (χ0n) is 16.9. The largest absolute Gasteiger partial charge is 0.352 e. The number of nitrogens with zero attached hydrogens (tertiary/aromatic N) is 1. The van der Waals surface area contributed by atoms with Crippen molar-refractivity contribution in [3.05, 3.63) is 35.9 Å². The van der Waals surface area contributed by atoms with E-state index in [0.29, 0.717) is 6.04 Å². The average Bonchev–Trinajstić information content (AvgIpc) is 2.66. The highest BCUT2D eigenvalue weighted by Crippen LogP contribution is 2.23. The molecule has 0 aromatic heterocycles. The van der Waals surface area contributed by atoms with Gasteiger partial charge in [-0.05, 0) is 31.2 Å². The van der Waals surface area contributed by atoms with E-state index in [1.165, 1.54) is 5.56 Å². The Balaban J connectivity index is 0.00000364. The summed E-state index contributed by atoms with van der Waals surface area (Å²) >= 11 is 0. The minimum absolute atomic E-state index is 0. The third-order valence-corrected chi connectivity index (χ3v) is 5.17. The molecule has 28 heavy (non-hydrogen) atoms. The summed E-state index contributed by atoms with van der Waals surface area (Å²) in [5.41, 5.74) is 7.09. The number of nitrogens with one attached hydrogen (secondary N) is 2. The molecule has 2 amide bonds. The molecular weight excluding hydrogens is 399 g/mol. The van der Waals surface area contributed by atoms with Crippen molar-refractivity contribution in [2.75, 3.05) is 19.6 Å². The molecule has 1 aromatic carbocycles. The van der Waals surface area contributed by atoms with Crippen LogP contribution < -0.4 is 16.4 Å². The summed E-state index contributed by atoms with van der Waals surface area (Å²) in [6.45, 7) is 7.88. The predicted octanol–water partition coefficient (Wildman–Crippen LogP) is 2.27. The molecule has 0 saturated carbocycles. The SMILES string of the molecule is CC(C)[C@H](N)C(=O)NCC(=O)NC1CCN(C(C)c2ccccc2)CC1.Cl.Cl. The summed E-state index contributed by atoms with van der Waals surface area (Å²) in [6, 6.07) is 10.4. The van der Waals surface area contributed by atoms with Crippen LogP contribution in [0.5, 0.6) is 0 Å². The highest BCUT2D eigenvalue weighted by atomic mass is 35.5. The van der Waals surface area contributed by atoms with Gasteiger partial charge in [0.2, 0.25) is 11.8 Å². The van der Waals surface area contributed by atoms with Crippen LogP contribution in [0.4, 0.5) is 0 Å². The fourth-order valence-corrected chi connectivity index (χ4v) is 3.24. The normalized spacial score (nSPS) is 17.0. The first-order valence-electron chi connectivity index (χ1n) is 9.50. The Labute approximate surface area is 180 Å². The molecule has 0 spiro atoms. The summed E-state index contributed by atoms with van der Waals surface area (Å²) in [5, 5.41) is 5.64. The molecule has 6 nitrogen and oxygen atoms in total. The van der Waals surface area contributed by atoms with Crippen molar-refractivity contribution in [2.45, 2.75) is 51.7 Å². The minimum Gasteiger partial charge on any atom is -0.352 e. The van der Waals surface area contributed by atoms with Gasteiger partial charge in [0.05, 0.1) is 12.6 Å². The number of hydrogen-bond donors (Lipinski definition) is 3. The Kier molecular flexibility index (Phi) is 12.4. The molecule has 1 aliphatic rings. The third-order valence-electron chi connectivity index (χ3n) is 5.17. The monoisotopic (exact) mass is 432 g/mol. The van der Waals surface area contributed by atoms with E-state index in [0.717, 1.165) is 25.9 Å². The molecule has 1 saturated heterocycles. The lowest BCUT2D eigenvalue weighted by atomic mass is 10.00. The maximum Gasteiger partial charge on any atom is 0.239 e. The number of halogens is 2.